The van der Waals surface area contributed by atoms with Crippen molar-refractivity contribution >= 4 is 23.1 Å². The third kappa shape index (κ3) is 4.71. The van der Waals surface area contributed by atoms with Crippen molar-refractivity contribution in [1.29, 1.82) is 0 Å². The molecule has 38 valence electrons. The summed E-state index contributed by atoms with van der Waals surface area (Å²) in [6.45, 7) is 1.18. The Morgan fingerprint density at radius 3 is 1.50 bits per heavy atom. The summed E-state index contributed by atoms with van der Waals surface area (Å²) in [6.07, 6.45) is 0. The molecular formula is C2H5F3Pb. The average molecular weight is 293 g/mol. The van der Waals surface area contributed by atoms with Gasteiger partial charge in [-0.05, 0) is 0 Å². The summed E-state index contributed by atoms with van der Waals surface area (Å²) in [7, 11) is 0. The van der Waals surface area contributed by atoms with Gasteiger partial charge in [-0.25, -0.2) is 0 Å². The summed E-state index contributed by atoms with van der Waals surface area (Å²) in [5, 5.41) is 0. The summed E-state index contributed by atoms with van der Waals surface area (Å²) in [5.41, 5.74) is 0. The van der Waals surface area contributed by atoms with E-state index in [0.717, 1.165) is 0 Å². The molecule has 0 fully saturated rings. The van der Waals surface area contributed by atoms with Crippen molar-refractivity contribution in [2.24, 2.45) is 0 Å². The van der Waals surface area contributed by atoms with Gasteiger partial charge in [-0.3, -0.25) is 0 Å². The Labute approximate surface area is 41.8 Å². The summed E-state index contributed by atoms with van der Waals surface area (Å²) in [6, 6.07) is 0. The number of hydrogen-bond donors (Lipinski definition) is 0. The van der Waals surface area contributed by atoms with Gasteiger partial charge in [-0.1, -0.05) is 0 Å². The summed E-state index contributed by atoms with van der Waals surface area (Å²) in [5.74, 6) is 0. The monoisotopic (exact) mass is 294 g/mol. The molecule has 0 aromatic rings. The van der Waals surface area contributed by atoms with Gasteiger partial charge in [-0.2, -0.15) is 0 Å². The van der Waals surface area contributed by atoms with Crippen LogP contribution >= 0.6 is 0 Å². The standard InChI is InChI=1S/C2H5.3FH.Pb/c1-2;;;;/h1H2,2H3;3*1H;/q;;;;+3/p-3. The van der Waals surface area contributed by atoms with E-state index in [-0.39, 0.29) is 0 Å². The van der Waals surface area contributed by atoms with Gasteiger partial charge in [0.1, 0.15) is 0 Å². The van der Waals surface area contributed by atoms with E-state index >= 15 is 0 Å². The van der Waals surface area contributed by atoms with Crippen LogP contribution in [-0.2, 0) is 0 Å². The molecule has 4 heteroatoms. The Kier molecular flexibility index (Phi) is 2.39. The zero-order chi connectivity index (χ0) is 5.21. The van der Waals surface area contributed by atoms with E-state index in [1.165, 1.54) is 6.92 Å². The summed E-state index contributed by atoms with van der Waals surface area (Å²) < 4.78 is 32.5. The third-order valence-corrected chi connectivity index (χ3v) is 3.52. The predicted molar refractivity (Wildman–Crippen MR) is 19.6 cm³/mol. The van der Waals surface area contributed by atoms with Crippen LogP contribution in [0.2, 0.25) is 3.98 Å². The molecule has 0 saturated heterocycles. The van der Waals surface area contributed by atoms with Crippen molar-refractivity contribution in [2.45, 2.75) is 10.9 Å². The van der Waals surface area contributed by atoms with Crippen LogP contribution in [0, 0.1) is 0 Å². The van der Waals surface area contributed by atoms with E-state index in [2.05, 4.69) is 0 Å². The summed E-state index contributed by atoms with van der Waals surface area (Å²) in [4.78, 5) is 0. The van der Waals surface area contributed by atoms with E-state index in [9.17, 15) is 7.53 Å². The first-order valence-corrected chi connectivity index (χ1v) is 8.78. The van der Waals surface area contributed by atoms with Crippen molar-refractivity contribution in [1.82, 2.24) is 0 Å². The molecule has 0 rings (SSSR count). The fraction of sp³-hybridized carbons (Fsp3) is 1.00. The van der Waals surface area contributed by atoms with Crippen LogP contribution in [0.25, 0.3) is 0 Å². The van der Waals surface area contributed by atoms with Crippen molar-refractivity contribution in [3.63, 3.8) is 0 Å². The third-order valence-electron chi connectivity index (χ3n) is 0.401. The molecule has 0 heterocycles. The van der Waals surface area contributed by atoms with E-state index in [1.807, 2.05) is 0 Å². The summed E-state index contributed by atoms with van der Waals surface area (Å²) >= 11 is -5.83. The van der Waals surface area contributed by atoms with Crippen LogP contribution in [0.4, 0.5) is 7.53 Å². The quantitative estimate of drug-likeness (QED) is 0.647. The van der Waals surface area contributed by atoms with Gasteiger partial charge in [-0.15, -0.1) is 0 Å². The maximum atomic E-state index is 11.0. The van der Waals surface area contributed by atoms with Crippen molar-refractivity contribution in [3.8, 4) is 0 Å². The van der Waals surface area contributed by atoms with Gasteiger partial charge in [0, 0.05) is 0 Å². The van der Waals surface area contributed by atoms with E-state index in [4.69, 9.17) is 0 Å². The normalized spacial score (nSPS) is 12.0. The second kappa shape index (κ2) is 2.13. The Balaban J connectivity index is 3.17. The van der Waals surface area contributed by atoms with Gasteiger partial charge in [0.15, 0.2) is 0 Å². The van der Waals surface area contributed by atoms with Crippen LogP contribution in [-0.4, -0.2) is 23.1 Å². The van der Waals surface area contributed by atoms with Crippen molar-refractivity contribution in [2.75, 3.05) is 0 Å². The minimum absolute atomic E-state index is 0.507. The van der Waals surface area contributed by atoms with E-state index in [0.29, 0.717) is 0 Å². The van der Waals surface area contributed by atoms with Crippen molar-refractivity contribution < 1.29 is 7.53 Å². The van der Waals surface area contributed by atoms with Crippen molar-refractivity contribution in [3.05, 3.63) is 0 Å². The first-order valence-electron chi connectivity index (χ1n) is 1.63. The van der Waals surface area contributed by atoms with E-state index in [1.54, 1.807) is 0 Å². The molecule has 0 saturated carbocycles. The second-order valence-electron chi connectivity index (χ2n) is 0.969. The Morgan fingerprint density at radius 1 is 1.33 bits per heavy atom. The first-order chi connectivity index (χ1) is 2.56. The maximum absolute atomic E-state index is 11.0. The molecule has 0 unspecified atom stereocenters. The molecule has 0 aromatic carbocycles. The number of hydrogen-bond acceptors (Lipinski definition) is 0. The first kappa shape index (κ1) is 6.71. The molecule has 0 radical (unpaired) electrons. The number of rotatable bonds is 1. The van der Waals surface area contributed by atoms with Crippen LogP contribution < -0.4 is 0 Å². The van der Waals surface area contributed by atoms with Gasteiger partial charge < -0.3 is 0 Å². The Bertz CT molecular complexity index is 38.5. The zero-order valence-corrected chi connectivity index (χ0v) is 7.23. The molecule has 6 heavy (non-hydrogen) atoms. The van der Waals surface area contributed by atoms with Crippen LogP contribution in [0.1, 0.15) is 6.92 Å². The van der Waals surface area contributed by atoms with Gasteiger partial charge in [0.05, 0.1) is 0 Å². The molecule has 0 aliphatic rings. The average Bonchev–Trinajstić information content (AvgIpc) is 1.35. The molecule has 0 amide bonds. The van der Waals surface area contributed by atoms with E-state index < -0.39 is 27.0 Å². The van der Waals surface area contributed by atoms with Gasteiger partial charge in [0.2, 0.25) is 0 Å². The molecule has 0 atom stereocenters. The van der Waals surface area contributed by atoms with Crippen LogP contribution in [0.5, 0.6) is 0 Å². The minimum atomic E-state index is -5.83. The molecular weight excluding hydrogens is 288 g/mol. The molecule has 0 bridgehead atoms. The number of halogens is 3. The molecule has 0 aliphatic heterocycles. The molecule has 0 nitrogen and oxygen atoms in total. The molecule has 0 spiro atoms. The molecule has 0 aromatic heterocycles. The topological polar surface area (TPSA) is 0 Å². The molecule has 0 N–H and O–H groups in total. The SMILES string of the molecule is C[CH2][Pb]([F])([F])[F]. The fourth-order valence-electron chi connectivity index (χ4n) is 0. The zero-order valence-electron chi connectivity index (χ0n) is 3.34. The second-order valence-corrected chi connectivity index (χ2v) is 8.50. The van der Waals surface area contributed by atoms with Crippen LogP contribution in [0.3, 0.4) is 0 Å². The van der Waals surface area contributed by atoms with Crippen LogP contribution in [0.15, 0.2) is 0 Å². The Hall–Kier alpha value is 0.712. The molecule has 0 aliphatic carbocycles. The van der Waals surface area contributed by atoms with Gasteiger partial charge in [0.25, 0.3) is 0 Å². The fourth-order valence-corrected chi connectivity index (χ4v) is 0. The Morgan fingerprint density at radius 2 is 1.50 bits per heavy atom. The van der Waals surface area contributed by atoms with Gasteiger partial charge >= 0.3 is 41.5 Å². The predicted octanol–water partition coefficient (Wildman–Crippen LogP) is 1.85.